The molecule has 3 aromatic rings. The Kier molecular flexibility index (Phi) is 4.77. The standard InChI is InChI=1S/C22H17ClN4O2S/c23-13-7-5-12(6-8-13)11-25-22-27-21(29)19(30-22)15-9-10-24-20(28)18-17(15)14-3-1-2-4-16(14)26-18/h1-8,29H,9-11H2,(H,24,28)(H,25,27). The molecule has 150 valence electrons. The number of halogens is 1. The summed E-state index contributed by atoms with van der Waals surface area (Å²) in [4.78, 5) is 22.0. The third-order valence-corrected chi connectivity index (χ3v) is 6.37. The Bertz CT molecular complexity index is 1210. The molecule has 6 nitrogen and oxygen atoms in total. The van der Waals surface area contributed by atoms with Crippen molar-refractivity contribution < 1.29 is 9.90 Å². The van der Waals surface area contributed by atoms with Crippen molar-refractivity contribution in [3.63, 3.8) is 0 Å². The van der Waals surface area contributed by atoms with E-state index in [2.05, 4.69) is 20.6 Å². The average Bonchev–Trinajstić information content (AvgIpc) is 3.27. The van der Waals surface area contributed by atoms with Gasteiger partial charge in [-0.3, -0.25) is 4.79 Å². The highest BCUT2D eigenvalue weighted by Crippen LogP contribution is 2.45. The number of thiazole rings is 1. The lowest BCUT2D eigenvalue weighted by Crippen LogP contribution is -2.29. The SMILES string of the molecule is O=C1NCCC(c2sc(NCc3ccc(Cl)cc3)nc2O)=C2C1=Nc1ccccc12. The van der Waals surface area contributed by atoms with Crippen molar-refractivity contribution in [3.05, 3.63) is 69.6 Å². The van der Waals surface area contributed by atoms with Gasteiger partial charge in [-0.25, -0.2) is 4.99 Å². The molecule has 0 saturated carbocycles. The van der Waals surface area contributed by atoms with Crippen LogP contribution in [-0.2, 0) is 11.3 Å². The number of benzene rings is 2. The predicted octanol–water partition coefficient (Wildman–Crippen LogP) is 4.63. The molecule has 0 spiro atoms. The van der Waals surface area contributed by atoms with Crippen LogP contribution in [-0.4, -0.2) is 28.3 Å². The molecule has 0 atom stereocenters. The molecule has 3 heterocycles. The van der Waals surface area contributed by atoms with Gasteiger partial charge in [-0.05, 0) is 35.8 Å². The number of amides is 1. The number of hydrogen-bond acceptors (Lipinski definition) is 6. The van der Waals surface area contributed by atoms with Crippen LogP contribution in [0, 0.1) is 0 Å². The van der Waals surface area contributed by atoms with Gasteiger partial charge in [-0.2, -0.15) is 4.98 Å². The second-order valence-corrected chi connectivity index (χ2v) is 8.42. The number of carbonyl (C=O) groups is 1. The average molecular weight is 437 g/mol. The van der Waals surface area contributed by atoms with E-state index >= 15 is 0 Å². The first-order valence-electron chi connectivity index (χ1n) is 9.48. The van der Waals surface area contributed by atoms with E-state index in [1.807, 2.05) is 48.5 Å². The molecule has 8 heteroatoms. The van der Waals surface area contributed by atoms with Crippen molar-refractivity contribution in [1.29, 1.82) is 0 Å². The molecule has 2 aliphatic heterocycles. The number of aliphatic imine (C=N–C) groups is 1. The van der Waals surface area contributed by atoms with E-state index < -0.39 is 0 Å². The van der Waals surface area contributed by atoms with Gasteiger partial charge in [0.25, 0.3) is 5.91 Å². The van der Waals surface area contributed by atoms with Crippen LogP contribution in [0.2, 0.25) is 5.02 Å². The number of nitrogens with zero attached hydrogens (tertiary/aromatic N) is 2. The second kappa shape index (κ2) is 7.59. The molecule has 0 bridgehead atoms. The van der Waals surface area contributed by atoms with Gasteiger partial charge in [0.1, 0.15) is 5.71 Å². The van der Waals surface area contributed by atoms with Crippen LogP contribution in [0.5, 0.6) is 5.88 Å². The zero-order valence-electron chi connectivity index (χ0n) is 15.8. The summed E-state index contributed by atoms with van der Waals surface area (Å²) in [6.45, 7) is 1.04. The van der Waals surface area contributed by atoms with Crippen LogP contribution < -0.4 is 10.6 Å². The Morgan fingerprint density at radius 1 is 1.17 bits per heavy atom. The molecule has 1 amide bonds. The van der Waals surface area contributed by atoms with Crippen LogP contribution in [0.4, 0.5) is 10.8 Å². The van der Waals surface area contributed by atoms with Gasteiger partial charge in [-0.1, -0.05) is 53.3 Å². The molecule has 0 fully saturated rings. The highest BCUT2D eigenvalue weighted by atomic mass is 35.5. The third kappa shape index (κ3) is 3.36. The lowest BCUT2D eigenvalue weighted by Gasteiger charge is -2.08. The fourth-order valence-corrected chi connectivity index (χ4v) is 4.72. The zero-order chi connectivity index (χ0) is 20.7. The summed E-state index contributed by atoms with van der Waals surface area (Å²) in [5.41, 5.74) is 4.79. The molecule has 3 N–H and O–H groups in total. The number of hydrogen-bond donors (Lipinski definition) is 3. The maximum Gasteiger partial charge on any atom is 0.270 e. The molecule has 0 aliphatic carbocycles. The van der Waals surface area contributed by atoms with E-state index in [0.29, 0.717) is 40.3 Å². The predicted molar refractivity (Wildman–Crippen MR) is 121 cm³/mol. The number of nitrogens with one attached hydrogen (secondary N) is 2. The Morgan fingerprint density at radius 2 is 1.97 bits per heavy atom. The minimum atomic E-state index is -0.193. The van der Waals surface area contributed by atoms with Crippen molar-refractivity contribution in [2.45, 2.75) is 13.0 Å². The van der Waals surface area contributed by atoms with Gasteiger partial charge < -0.3 is 15.7 Å². The van der Waals surface area contributed by atoms with E-state index in [4.69, 9.17) is 11.6 Å². The smallest absolute Gasteiger partial charge is 0.270 e. The van der Waals surface area contributed by atoms with Crippen molar-refractivity contribution in [2.24, 2.45) is 4.99 Å². The van der Waals surface area contributed by atoms with Crippen LogP contribution in [0.1, 0.15) is 22.4 Å². The van der Waals surface area contributed by atoms with E-state index in [1.165, 1.54) is 11.3 Å². The highest BCUT2D eigenvalue weighted by molar-refractivity contribution is 7.17. The first kappa shape index (κ1) is 18.8. The number of aromatic hydroxyl groups is 1. The molecular weight excluding hydrogens is 420 g/mol. The second-order valence-electron chi connectivity index (χ2n) is 6.99. The number of anilines is 1. The van der Waals surface area contributed by atoms with Gasteiger partial charge in [0, 0.05) is 29.2 Å². The first-order chi connectivity index (χ1) is 14.6. The molecule has 30 heavy (non-hydrogen) atoms. The minimum absolute atomic E-state index is 0.0424. The minimum Gasteiger partial charge on any atom is -0.492 e. The van der Waals surface area contributed by atoms with Gasteiger partial charge >= 0.3 is 0 Å². The highest BCUT2D eigenvalue weighted by Gasteiger charge is 2.33. The summed E-state index contributed by atoms with van der Waals surface area (Å²) in [5.74, 6) is -0.236. The number of aromatic nitrogens is 1. The van der Waals surface area contributed by atoms with E-state index in [-0.39, 0.29) is 11.8 Å². The van der Waals surface area contributed by atoms with Crippen molar-refractivity contribution in [2.75, 3.05) is 11.9 Å². The molecule has 2 aromatic carbocycles. The van der Waals surface area contributed by atoms with Crippen LogP contribution in [0.25, 0.3) is 11.1 Å². The lowest BCUT2D eigenvalue weighted by atomic mass is 9.95. The van der Waals surface area contributed by atoms with Crippen LogP contribution in [0.3, 0.4) is 0 Å². The summed E-state index contributed by atoms with van der Waals surface area (Å²) in [7, 11) is 0. The lowest BCUT2D eigenvalue weighted by molar-refractivity contribution is -0.114. The van der Waals surface area contributed by atoms with Crippen LogP contribution >= 0.6 is 22.9 Å². The molecule has 5 rings (SSSR count). The topological polar surface area (TPSA) is 86.6 Å². The molecule has 2 aliphatic rings. The maximum atomic E-state index is 12.5. The van der Waals surface area contributed by atoms with Gasteiger partial charge in [0.2, 0.25) is 5.88 Å². The Morgan fingerprint density at radius 3 is 2.80 bits per heavy atom. The normalized spacial score (nSPS) is 15.2. The number of para-hydroxylation sites is 1. The van der Waals surface area contributed by atoms with Crippen molar-refractivity contribution in [3.8, 4) is 5.88 Å². The van der Waals surface area contributed by atoms with E-state index in [1.54, 1.807) is 0 Å². The number of rotatable bonds is 4. The fourth-order valence-electron chi connectivity index (χ4n) is 3.66. The monoisotopic (exact) mass is 436 g/mol. The summed E-state index contributed by atoms with van der Waals surface area (Å²) in [6, 6.07) is 15.2. The summed E-state index contributed by atoms with van der Waals surface area (Å²) >= 11 is 7.31. The third-order valence-electron chi connectivity index (χ3n) is 5.06. The zero-order valence-corrected chi connectivity index (χ0v) is 17.3. The summed E-state index contributed by atoms with van der Waals surface area (Å²) in [6.07, 6.45) is 0.584. The fraction of sp³-hybridized carbons (Fsp3) is 0.136. The molecule has 1 aromatic heterocycles. The summed E-state index contributed by atoms with van der Waals surface area (Å²) < 4.78 is 0. The van der Waals surface area contributed by atoms with Crippen molar-refractivity contribution in [1.82, 2.24) is 10.3 Å². The Labute approximate surface area is 182 Å². The van der Waals surface area contributed by atoms with Crippen LogP contribution in [0.15, 0.2) is 53.5 Å². The molecule has 0 radical (unpaired) electrons. The van der Waals surface area contributed by atoms with E-state index in [0.717, 1.165) is 28.0 Å². The Hall–Kier alpha value is -3.16. The Balaban J connectivity index is 1.51. The molecule has 0 unspecified atom stereocenters. The van der Waals surface area contributed by atoms with E-state index in [9.17, 15) is 9.90 Å². The largest absolute Gasteiger partial charge is 0.492 e. The van der Waals surface area contributed by atoms with Gasteiger partial charge in [0.05, 0.1) is 10.6 Å². The number of carbonyl (C=O) groups excluding carboxylic acids is 1. The molecular formula is C22H17ClN4O2S. The van der Waals surface area contributed by atoms with Gasteiger partial charge in [0.15, 0.2) is 5.13 Å². The first-order valence-corrected chi connectivity index (χ1v) is 10.7. The van der Waals surface area contributed by atoms with Gasteiger partial charge in [-0.15, -0.1) is 0 Å². The molecule has 0 saturated heterocycles. The van der Waals surface area contributed by atoms with Crippen molar-refractivity contribution >= 4 is 56.5 Å². The number of fused-ring (bicyclic) bond motifs is 3. The quantitative estimate of drug-likeness (QED) is 0.556. The maximum absolute atomic E-state index is 12.5. The summed E-state index contributed by atoms with van der Waals surface area (Å²) in [5, 5.41) is 18.0.